The molecule has 3 aromatic carbocycles. The number of aromatic hydroxyl groups is 1. The van der Waals surface area contributed by atoms with Crippen molar-refractivity contribution in [2.24, 2.45) is 0 Å². The summed E-state index contributed by atoms with van der Waals surface area (Å²) < 4.78 is 6.51. The second kappa shape index (κ2) is 5.78. The number of hydrogen-bond acceptors (Lipinski definition) is 3. The third-order valence-corrected chi connectivity index (χ3v) is 4.64. The van der Waals surface area contributed by atoms with Gasteiger partial charge < -0.3 is 15.6 Å². The van der Waals surface area contributed by atoms with Crippen molar-refractivity contribution in [2.45, 2.75) is 13.8 Å². The Kier molecular flexibility index (Phi) is 3.94. The fraction of sp³-hybridized carbons (Fsp3) is 0.158. The molecule has 0 heterocycles. The SMILES string of the molecule is COc1c(C)cc(N)c(-c2c(O)ccc3cc(Br)ccc23)c1C. The molecule has 0 unspecified atom stereocenters. The normalized spacial score (nSPS) is 11.0. The summed E-state index contributed by atoms with van der Waals surface area (Å²) in [6, 6.07) is 11.5. The highest BCUT2D eigenvalue weighted by molar-refractivity contribution is 9.10. The quantitative estimate of drug-likeness (QED) is 0.610. The molecule has 23 heavy (non-hydrogen) atoms. The number of aryl methyl sites for hydroxylation is 1. The van der Waals surface area contributed by atoms with Gasteiger partial charge in [0.15, 0.2) is 0 Å². The first-order valence-electron chi connectivity index (χ1n) is 7.29. The van der Waals surface area contributed by atoms with E-state index in [1.165, 1.54) is 0 Å². The van der Waals surface area contributed by atoms with Gasteiger partial charge in [0.2, 0.25) is 0 Å². The number of methoxy groups -OCH3 is 1. The molecule has 0 spiro atoms. The van der Waals surface area contributed by atoms with E-state index in [0.29, 0.717) is 5.69 Å². The maximum atomic E-state index is 10.5. The highest BCUT2D eigenvalue weighted by Crippen LogP contribution is 2.44. The van der Waals surface area contributed by atoms with E-state index in [0.717, 1.165) is 43.2 Å². The lowest BCUT2D eigenvalue weighted by Gasteiger charge is -2.18. The van der Waals surface area contributed by atoms with Gasteiger partial charge >= 0.3 is 0 Å². The van der Waals surface area contributed by atoms with Gasteiger partial charge in [0.05, 0.1) is 7.11 Å². The third kappa shape index (κ3) is 2.53. The molecule has 3 aromatic rings. The first kappa shape index (κ1) is 15.7. The summed E-state index contributed by atoms with van der Waals surface area (Å²) in [5, 5.41) is 12.5. The van der Waals surface area contributed by atoms with Crippen molar-refractivity contribution in [3.8, 4) is 22.6 Å². The number of fused-ring (bicyclic) bond motifs is 1. The van der Waals surface area contributed by atoms with Crippen LogP contribution in [0.15, 0.2) is 40.9 Å². The van der Waals surface area contributed by atoms with E-state index >= 15 is 0 Å². The lowest BCUT2D eigenvalue weighted by molar-refractivity contribution is 0.409. The number of nitrogen functional groups attached to an aromatic ring is 1. The maximum absolute atomic E-state index is 10.5. The average molecular weight is 372 g/mol. The number of benzene rings is 3. The second-order valence-electron chi connectivity index (χ2n) is 5.64. The van der Waals surface area contributed by atoms with Crippen molar-refractivity contribution in [2.75, 3.05) is 12.8 Å². The molecular formula is C19H18BrNO2. The Morgan fingerprint density at radius 3 is 2.48 bits per heavy atom. The summed E-state index contributed by atoms with van der Waals surface area (Å²) in [6.07, 6.45) is 0. The zero-order chi connectivity index (χ0) is 16.7. The predicted molar refractivity (Wildman–Crippen MR) is 99.2 cm³/mol. The second-order valence-corrected chi connectivity index (χ2v) is 6.56. The number of ether oxygens (including phenoxy) is 1. The van der Waals surface area contributed by atoms with Gasteiger partial charge in [0.1, 0.15) is 11.5 Å². The molecule has 118 valence electrons. The van der Waals surface area contributed by atoms with E-state index in [1.807, 2.05) is 44.2 Å². The molecule has 0 bridgehead atoms. The van der Waals surface area contributed by atoms with Gasteiger partial charge in [-0.15, -0.1) is 0 Å². The predicted octanol–water partition coefficient (Wildman–Crippen LogP) is 5.18. The molecule has 0 fully saturated rings. The van der Waals surface area contributed by atoms with E-state index in [9.17, 15) is 5.11 Å². The van der Waals surface area contributed by atoms with E-state index in [1.54, 1.807) is 13.2 Å². The fourth-order valence-corrected chi connectivity index (χ4v) is 3.57. The summed E-state index contributed by atoms with van der Waals surface area (Å²) in [6.45, 7) is 3.93. The van der Waals surface area contributed by atoms with E-state index in [-0.39, 0.29) is 5.75 Å². The Morgan fingerprint density at radius 2 is 1.78 bits per heavy atom. The van der Waals surface area contributed by atoms with Crippen LogP contribution in [0.1, 0.15) is 11.1 Å². The van der Waals surface area contributed by atoms with Crippen LogP contribution in [0.25, 0.3) is 21.9 Å². The molecule has 3 nitrogen and oxygen atoms in total. The molecule has 4 heteroatoms. The van der Waals surface area contributed by atoms with Gasteiger partial charge in [-0.1, -0.05) is 28.1 Å². The van der Waals surface area contributed by atoms with Gasteiger partial charge in [-0.2, -0.15) is 0 Å². The smallest absolute Gasteiger partial charge is 0.125 e. The van der Waals surface area contributed by atoms with Crippen LogP contribution in [-0.4, -0.2) is 12.2 Å². The van der Waals surface area contributed by atoms with Crippen LogP contribution in [-0.2, 0) is 0 Å². The number of rotatable bonds is 2. The van der Waals surface area contributed by atoms with Crippen LogP contribution in [0.5, 0.6) is 11.5 Å². The van der Waals surface area contributed by atoms with Crippen molar-refractivity contribution in [3.63, 3.8) is 0 Å². The summed E-state index contributed by atoms with van der Waals surface area (Å²) in [5.41, 5.74) is 10.4. The first-order chi connectivity index (χ1) is 10.9. The summed E-state index contributed by atoms with van der Waals surface area (Å²) in [5.74, 6) is 1.00. The molecule has 0 amide bonds. The molecule has 0 atom stereocenters. The summed E-state index contributed by atoms with van der Waals surface area (Å²) >= 11 is 3.49. The minimum absolute atomic E-state index is 0.209. The average Bonchev–Trinajstić information content (AvgIpc) is 2.49. The van der Waals surface area contributed by atoms with Crippen molar-refractivity contribution < 1.29 is 9.84 Å². The number of phenolic OH excluding ortho intramolecular Hbond substituents is 1. The molecular weight excluding hydrogens is 354 g/mol. The number of halogens is 1. The zero-order valence-corrected chi connectivity index (χ0v) is 14.9. The van der Waals surface area contributed by atoms with Crippen LogP contribution in [0.3, 0.4) is 0 Å². The molecule has 0 aliphatic carbocycles. The van der Waals surface area contributed by atoms with Crippen LogP contribution in [0.4, 0.5) is 5.69 Å². The van der Waals surface area contributed by atoms with Crippen LogP contribution < -0.4 is 10.5 Å². The molecule has 0 aromatic heterocycles. The van der Waals surface area contributed by atoms with Gasteiger partial charge in [-0.25, -0.2) is 0 Å². The van der Waals surface area contributed by atoms with Crippen molar-refractivity contribution in [1.82, 2.24) is 0 Å². The molecule has 0 radical (unpaired) electrons. The standard InChI is InChI=1S/C19H18BrNO2/c1-10-8-15(21)17(11(2)19(10)23-3)18-14-6-5-13(20)9-12(14)4-7-16(18)22/h4-9,22H,21H2,1-3H3. The van der Waals surface area contributed by atoms with Gasteiger partial charge in [-0.3, -0.25) is 0 Å². The first-order valence-corrected chi connectivity index (χ1v) is 8.08. The minimum atomic E-state index is 0.209. The minimum Gasteiger partial charge on any atom is -0.507 e. The van der Waals surface area contributed by atoms with Crippen LogP contribution >= 0.6 is 15.9 Å². The number of hydrogen-bond donors (Lipinski definition) is 2. The van der Waals surface area contributed by atoms with E-state index in [2.05, 4.69) is 15.9 Å². The lowest BCUT2D eigenvalue weighted by Crippen LogP contribution is -2.00. The summed E-state index contributed by atoms with van der Waals surface area (Å²) in [4.78, 5) is 0. The molecule has 0 aliphatic rings. The Bertz CT molecular complexity index is 919. The highest BCUT2D eigenvalue weighted by atomic mass is 79.9. The van der Waals surface area contributed by atoms with Gasteiger partial charge in [-0.05, 0) is 54.4 Å². The zero-order valence-electron chi connectivity index (χ0n) is 13.3. The van der Waals surface area contributed by atoms with Crippen molar-refractivity contribution >= 4 is 32.4 Å². The Labute approximate surface area is 143 Å². The molecule has 0 aliphatic heterocycles. The number of nitrogens with two attached hydrogens (primary N) is 1. The lowest BCUT2D eigenvalue weighted by atomic mass is 9.91. The summed E-state index contributed by atoms with van der Waals surface area (Å²) in [7, 11) is 1.65. The fourth-order valence-electron chi connectivity index (χ4n) is 3.19. The molecule has 3 rings (SSSR count). The van der Waals surface area contributed by atoms with E-state index in [4.69, 9.17) is 10.5 Å². The Morgan fingerprint density at radius 1 is 1.04 bits per heavy atom. The topological polar surface area (TPSA) is 55.5 Å². The molecule has 3 N–H and O–H groups in total. The van der Waals surface area contributed by atoms with Crippen LogP contribution in [0, 0.1) is 13.8 Å². The number of phenols is 1. The van der Waals surface area contributed by atoms with Crippen molar-refractivity contribution in [1.29, 1.82) is 0 Å². The molecule has 0 saturated heterocycles. The maximum Gasteiger partial charge on any atom is 0.125 e. The largest absolute Gasteiger partial charge is 0.507 e. The van der Waals surface area contributed by atoms with Crippen molar-refractivity contribution in [3.05, 3.63) is 52.0 Å². The molecule has 0 saturated carbocycles. The van der Waals surface area contributed by atoms with Crippen LogP contribution in [0.2, 0.25) is 0 Å². The monoisotopic (exact) mass is 371 g/mol. The Hall–Kier alpha value is -2.20. The number of anilines is 1. The van der Waals surface area contributed by atoms with E-state index < -0.39 is 0 Å². The highest BCUT2D eigenvalue weighted by Gasteiger charge is 2.19. The van der Waals surface area contributed by atoms with Gasteiger partial charge in [0, 0.05) is 26.9 Å². The Balaban J connectivity index is 2.44. The van der Waals surface area contributed by atoms with Gasteiger partial charge in [0.25, 0.3) is 0 Å². The third-order valence-electron chi connectivity index (χ3n) is 4.15.